The number of nitrogens with two attached hydrogens (primary N) is 1. The minimum Gasteiger partial charge on any atom is -0.381 e. The number of ketones is 1. The summed E-state index contributed by atoms with van der Waals surface area (Å²) in [5, 5.41) is 2.77. The fourth-order valence-corrected chi connectivity index (χ4v) is 3.09. The number of nitrogens with one attached hydrogen (secondary N) is 1. The molecule has 1 saturated carbocycles. The molecule has 0 radical (unpaired) electrons. The van der Waals surface area contributed by atoms with Gasteiger partial charge in [0.15, 0.2) is 0 Å². The molecule has 0 aliphatic heterocycles. The smallest absolute Gasteiger partial charge is 0.220 e. The molecule has 3 N–H and O–H groups in total. The van der Waals surface area contributed by atoms with E-state index in [1.165, 1.54) is 19.3 Å². The molecule has 2 amide bonds. The molecule has 0 aromatic heterocycles. The number of ether oxygens (including phenoxy) is 1. The molecule has 1 aliphatic carbocycles. The number of carbonyl (C=O) groups excluding carboxylic acids is 3. The van der Waals surface area contributed by atoms with Crippen molar-refractivity contribution in [2.45, 2.75) is 85.5 Å². The SMILES string of the molecule is CC(C)C(=O)C1CCCCC1.CC(C)COCCCNC(=O)CCCC(N)=O. The van der Waals surface area contributed by atoms with Gasteiger partial charge in [0.1, 0.15) is 5.78 Å². The van der Waals surface area contributed by atoms with Crippen molar-refractivity contribution in [3.63, 3.8) is 0 Å². The van der Waals surface area contributed by atoms with Gasteiger partial charge >= 0.3 is 0 Å². The second-order valence-corrected chi connectivity index (χ2v) is 8.38. The Morgan fingerprint density at radius 2 is 1.64 bits per heavy atom. The van der Waals surface area contributed by atoms with Gasteiger partial charge in [-0.3, -0.25) is 14.4 Å². The van der Waals surface area contributed by atoms with Crippen LogP contribution in [0.25, 0.3) is 0 Å². The molecule has 0 aromatic carbocycles. The Morgan fingerprint density at radius 3 is 2.18 bits per heavy atom. The van der Waals surface area contributed by atoms with Crippen LogP contribution in [0.2, 0.25) is 0 Å². The number of rotatable bonds is 12. The lowest BCUT2D eigenvalue weighted by Gasteiger charge is -2.21. The number of primary amides is 1. The maximum atomic E-state index is 11.5. The van der Waals surface area contributed by atoms with Crippen molar-refractivity contribution < 1.29 is 19.1 Å². The zero-order chi connectivity index (χ0) is 21.4. The Hall–Kier alpha value is -1.43. The predicted molar refractivity (Wildman–Crippen MR) is 113 cm³/mol. The molecule has 0 aromatic rings. The fourth-order valence-electron chi connectivity index (χ4n) is 3.09. The average Bonchev–Trinajstić information content (AvgIpc) is 2.64. The monoisotopic (exact) mass is 398 g/mol. The maximum absolute atomic E-state index is 11.5. The van der Waals surface area contributed by atoms with E-state index < -0.39 is 0 Å². The first-order valence-corrected chi connectivity index (χ1v) is 10.9. The van der Waals surface area contributed by atoms with Gasteiger partial charge in [-0.1, -0.05) is 47.0 Å². The van der Waals surface area contributed by atoms with E-state index >= 15 is 0 Å². The standard InChI is InChI=1S/C12H24N2O3.C10H18O/c1-10(2)9-17-8-4-7-14-12(16)6-3-5-11(13)15;1-8(2)10(11)9-6-4-3-5-7-9/h10H,3-9H2,1-2H3,(H2,13,15)(H,14,16);8-9H,3-7H2,1-2H3. The summed E-state index contributed by atoms with van der Waals surface area (Å²) in [7, 11) is 0. The van der Waals surface area contributed by atoms with Crippen molar-refractivity contribution in [2.24, 2.45) is 23.5 Å². The van der Waals surface area contributed by atoms with Crippen molar-refractivity contribution in [1.82, 2.24) is 5.32 Å². The Balaban J connectivity index is 0.000000567. The van der Waals surface area contributed by atoms with Crippen LogP contribution in [0.3, 0.4) is 0 Å². The lowest BCUT2D eigenvalue weighted by molar-refractivity contribution is -0.126. The van der Waals surface area contributed by atoms with E-state index in [4.69, 9.17) is 10.5 Å². The quantitative estimate of drug-likeness (QED) is 0.491. The van der Waals surface area contributed by atoms with Crippen LogP contribution in [-0.2, 0) is 19.1 Å². The van der Waals surface area contributed by atoms with Crippen LogP contribution >= 0.6 is 0 Å². The van der Waals surface area contributed by atoms with E-state index in [0.717, 1.165) is 25.9 Å². The van der Waals surface area contributed by atoms with Crippen molar-refractivity contribution in [2.75, 3.05) is 19.8 Å². The summed E-state index contributed by atoms with van der Waals surface area (Å²) in [6, 6.07) is 0. The molecule has 1 fully saturated rings. The first-order valence-electron chi connectivity index (χ1n) is 10.9. The zero-order valence-electron chi connectivity index (χ0n) is 18.4. The fraction of sp³-hybridized carbons (Fsp3) is 0.864. The normalized spacial score (nSPS) is 14.5. The molecule has 0 bridgehead atoms. The number of hydrogen-bond donors (Lipinski definition) is 2. The van der Waals surface area contributed by atoms with Gasteiger partial charge < -0.3 is 15.8 Å². The highest BCUT2D eigenvalue weighted by atomic mass is 16.5. The molecule has 0 heterocycles. The molecule has 164 valence electrons. The number of amides is 2. The summed E-state index contributed by atoms with van der Waals surface area (Å²) >= 11 is 0. The van der Waals surface area contributed by atoms with E-state index in [2.05, 4.69) is 19.2 Å². The third kappa shape index (κ3) is 15.6. The topological polar surface area (TPSA) is 98.5 Å². The third-order valence-corrected chi connectivity index (χ3v) is 4.64. The van der Waals surface area contributed by atoms with Gasteiger partial charge in [0, 0.05) is 44.4 Å². The second-order valence-electron chi connectivity index (χ2n) is 8.38. The summed E-state index contributed by atoms with van der Waals surface area (Å²) in [4.78, 5) is 33.2. The molecule has 0 saturated heterocycles. The molecule has 1 rings (SSSR count). The Kier molecular flexibility index (Phi) is 15.7. The van der Waals surface area contributed by atoms with Crippen LogP contribution in [0.5, 0.6) is 0 Å². The first-order chi connectivity index (χ1) is 13.2. The van der Waals surface area contributed by atoms with Gasteiger partial charge in [-0.2, -0.15) is 0 Å². The van der Waals surface area contributed by atoms with Gasteiger partial charge in [-0.05, 0) is 31.6 Å². The maximum Gasteiger partial charge on any atom is 0.220 e. The highest BCUT2D eigenvalue weighted by Crippen LogP contribution is 2.26. The number of Topliss-reactive ketones (excluding diaryl/α,β-unsaturated/α-hetero) is 1. The zero-order valence-corrected chi connectivity index (χ0v) is 18.4. The molecule has 6 heteroatoms. The molecule has 28 heavy (non-hydrogen) atoms. The van der Waals surface area contributed by atoms with Gasteiger partial charge in [-0.15, -0.1) is 0 Å². The number of hydrogen-bond acceptors (Lipinski definition) is 4. The van der Waals surface area contributed by atoms with Crippen molar-refractivity contribution in [3.05, 3.63) is 0 Å². The van der Waals surface area contributed by atoms with Crippen LogP contribution < -0.4 is 11.1 Å². The van der Waals surface area contributed by atoms with E-state index in [0.29, 0.717) is 43.6 Å². The summed E-state index contributed by atoms with van der Waals surface area (Å²) in [5.74, 6) is 1.29. The summed E-state index contributed by atoms with van der Waals surface area (Å²) < 4.78 is 5.38. The summed E-state index contributed by atoms with van der Waals surface area (Å²) in [6.45, 7) is 10.3. The molecular weight excluding hydrogens is 356 g/mol. The first kappa shape index (κ1) is 26.6. The number of carbonyl (C=O) groups is 3. The van der Waals surface area contributed by atoms with E-state index in [9.17, 15) is 14.4 Å². The second kappa shape index (κ2) is 16.5. The Bertz CT molecular complexity index is 444. The van der Waals surface area contributed by atoms with Crippen LogP contribution in [0.15, 0.2) is 0 Å². The minimum absolute atomic E-state index is 0.0323. The minimum atomic E-state index is -0.361. The van der Waals surface area contributed by atoms with Gasteiger partial charge in [-0.25, -0.2) is 0 Å². The van der Waals surface area contributed by atoms with Gasteiger partial charge in [0.05, 0.1) is 0 Å². The van der Waals surface area contributed by atoms with E-state index in [-0.39, 0.29) is 24.2 Å². The van der Waals surface area contributed by atoms with Crippen molar-refractivity contribution in [3.8, 4) is 0 Å². The van der Waals surface area contributed by atoms with Crippen molar-refractivity contribution >= 4 is 17.6 Å². The van der Waals surface area contributed by atoms with Crippen LogP contribution in [-0.4, -0.2) is 37.4 Å². The summed E-state index contributed by atoms with van der Waals surface area (Å²) in [5.41, 5.74) is 4.97. The highest BCUT2D eigenvalue weighted by molar-refractivity contribution is 5.82. The molecule has 1 aliphatic rings. The summed E-state index contributed by atoms with van der Waals surface area (Å²) in [6.07, 6.45) is 8.13. The van der Waals surface area contributed by atoms with Gasteiger partial charge in [0.2, 0.25) is 11.8 Å². The molecule has 0 unspecified atom stereocenters. The van der Waals surface area contributed by atoms with Crippen LogP contribution in [0, 0.1) is 17.8 Å². The van der Waals surface area contributed by atoms with Gasteiger partial charge in [0.25, 0.3) is 0 Å². The lowest BCUT2D eigenvalue weighted by Crippen LogP contribution is -2.25. The largest absolute Gasteiger partial charge is 0.381 e. The van der Waals surface area contributed by atoms with E-state index in [1.807, 2.05) is 13.8 Å². The van der Waals surface area contributed by atoms with Crippen LogP contribution in [0.4, 0.5) is 0 Å². The average molecular weight is 399 g/mol. The predicted octanol–water partition coefficient (Wildman–Crippen LogP) is 3.61. The molecule has 0 atom stereocenters. The molecule has 0 spiro atoms. The Labute approximate surface area is 171 Å². The van der Waals surface area contributed by atoms with Crippen LogP contribution in [0.1, 0.15) is 85.5 Å². The van der Waals surface area contributed by atoms with E-state index in [1.54, 1.807) is 0 Å². The molecule has 6 nitrogen and oxygen atoms in total. The third-order valence-electron chi connectivity index (χ3n) is 4.64. The lowest BCUT2D eigenvalue weighted by atomic mass is 9.83. The van der Waals surface area contributed by atoms with Crippen molar-refractivity contribution in [1.29, 1.82) is 0 Å². The Morgan fingerprint density at radius 1 is 1.00 bits per heavy atom. The molecular formula is C22H42N2O4. The highest BCUT2D eigenvalue weighted by Gasteiger charge is 2.22.